The second kappa shape index (κ2) is 4.25. The third-order valence-electron chi connectivity index (χ3n) is 2.76. The van der Waals surface area contributed by atoms with Crippen LogP contribution in [0.1, 0.15) is 35.6 Å². The number of nitrogens with zero attached hydrogens (tertiary/aromatic N) is 1. The molecule has 0 radical (unpaired) electrons. The summed E-state index contributed by atoms with van der Waals surface area (Å²) in [6.07, 6.45) is 0. The Hall–Kier alpha value is -2.17. The number of fused-ring (bicyclic) bond motifs is 1. The zero-order valence-electron chi connectivity index (χ0n) is 10.7. The topological polar surface area (TPSA) is 72.0 Å². The Bertz CT molecular complexity index is 656. The Morgan fingerprint density at radius 2 is 1.94 bits per heavy atom. The molecule has 0 saturated carbocycles. The van der Waals surface area contributed by atoms with Gasteiger partial charge in [0, 0.05) is 19.4 Å². The highest BCUT2D eigenvalue weighted by Gasteiger charge is 2.15. The fourth-order valence-electron chi connectivity index (χ4n) is 1.85. The number of hydrogen-bond acceptors (Lipinski definition) is 4. The lowest BCUT2D eigenvalue weighted by Gasteiger charge is -2.07. The third-order valence-corrected chi connectivity index (χ3v) is 2.76. The van der Waals surface area contributed by atoms with Gasteiger partial charge in [0.15, 0.2) is 11.6 Å². The van der Waals surface area contributed by atoms with Gasteiger partial charge >= 0.3 is 5.97 Å². The summed E-state index contributed by atoms with van der Waals surface area (Å²) >= 11 is 0. The monoisotopic (exact) mass is 246 g/mol. The van der Waals surface area contributed by atoms with Gasteiger partial charge in [-0.2, -0.15) is 0 Å². The number of ether oxygens (including phenoxy) is 1. The highest BCUT2D eigenvalue weighted by atomic mass is 16.5. The molecule has 1 heterocycles. The molecule has 0 aliphatic rings. The summed E-state index contributed by atoms with van der Waals surface area (Å²) in [6.45, 7) is 6.49. The molecular formula is C13H14N2O3. The zero-order chi connectivity index (χ0) is 13.4. The predicted molar refractivity (Wildman–Crippen MR) is 66.9 cm³/mol. The van der Waals surface area contributed by atoms with E-state index in [-0.39, 0.29) is 11.8 Å². The highest BCUT2D eigenvalue weighted by molar-refractivity contribution is 5.96. The molecule has 5 nitrogen and oxygen atoms in total. The fraction of sp³-hybridized carbons (Fsp3) is 0.308. The van der Waals surface area contributed by atoms with Gasteiger partial charge in [-0.3, -0.25) is 9.59 Å². The Morgan fingerprint density at radius 1 is 1.28 bits per heavy atom. The van der Waals surface area contributed by atoms with E-state index in [0.717, 1.165) is 22.2 Å². The van der Waals surface area contributed by atoms with Crippen LogP contribution in [0, 0.1) is 13.8 Å². The Kier molecular flexibility index (Phi) is 2.90. The van der Waals surface area contributed by atoms with Crippen LogP contribution in [0.25, 0.3) is 11.0 Å². The van der Waals surface area contributed by atoms with Gasteiger partial charge in [-0.1, -0.05) is 0 Å². The minimum Gasteiger partial charge on any atom is -0.426 e. The lowest BCUT2D eigenvalue weighted by Crippen LogP contribution is -2.03. The van der Waals surface area contributed by atoms with Crippen LogP contribution in [0.3, 0.4) is 0 Å². The first kappa shape index (κ1) is 12.3. The molecule has 0 aliphatic carbocycles. The normalized spacial score (nSPS) is 10.7. The predicted octanol–water partition coefficient (Wildman–Crippen LogP) is 2.31. The van der Waals surface area contributed by atoms with E-state index >= 15 is 0 Å². The van der Waals surface area contributed by atoms with Crippen molar-refractivity contribution < 1.29 is 14.3 Å². The Balaban J connectivity index is 2.69. The molecule has 0 unspecified atom stereocenters. The number of hydrogen-bond donors (Lipinski definition) is 1. The van der Waals surface area contributed by atoms with Crippen molar-refractivity contribution in [2.75, 3.05) is 0 Å². The van der Waals surface area contributed by atoms with Gasteiger partial charge < -0.3 is 9.72 Å². The summed E-state index contributed by atoms with van der Waals surface area (Å²) in [5, 5.41) is 0. The number of carbonyl (C=O) groups excluding carboxylic acids is 2. The van der Waals surface area contributed by atoms with Crippen molar-refractivity contribution in [3.05, 3.63) is 23.0 Å². The molecule has 1 aromatic heterocycles. The van der Waals surface area contributed by atoms with Crippen LogP contribution < -0.4 is 4.74 Å². The number of Topliss-reactive ketones (excluding diaryl/α,β-unsaturated/α-hetero) is 1. The van der Waals surface area contributed by atoms with E-state index < -0.39 is 0 Å². The van der Waals surface area contributed by atoms with Crippen LogP contribution >= 0.6 is 0 Å². The number of aromatic nitrogens is 2. The number of aryl methyl sites for hydroxylation is 2. The molecule has 0 saturated heterocycles. The molecule has 0 spiro atoms. The van der Waals surface area contributed by atoms with E-state index in [1.165, 1.54) is 13.8 Å². The van der Waals surface area contributed by atoms with E-state index in [4.69, 9.17) is 4.74 Å². The van der Waals surface area contributed by atoms with Crippen LogP contribution in [-0.4, -0.2) is 21.7 Å². The van der Waals surface area contributed by atoms with Gasteiger partial charge in [0.05, 0.1) is 11.0 Å². The SMILES string of the molecule is CC(=O)Oc1cc(C)c2nc(C(C)=O)[nH]c2c1C. The minimum atomic E-state index is -0.372. The molecular weight excluding hydrogens is 232 g/mol. The number of carbonyl (C=O) groups is 2. The molecule has 94 valence electrons. The molecule has 18 heavy (non-hydrogen) atoms. The van der Waals surface area contributed by atoms with Gasteiger partial charge in [-0.15, -0.1) is 0 Å². The number of esters is 1. The quantitative estimate of drug-likeness (QED) is 0.501. The van der Waals surface area contributed by atoms with Crippen LogP contribution in [-0.2, 0) is 4.79 Å². The molecule has 1 N–H and O–H groups in total. The number of benzene rings is 1. The van der Waals surface area contributed by atoms with Gasteiger partial charge in [0.1, 0.15) is 5.75 Å². The first-order valence-electron chi connectivity index (χ1n) is 5.59. The molecule has 0 aliphatic heterocycles. The summed E-state index contributed by atoms with van der Waals surface area (Å²) in [7, 11) is 0. The first-order valence-corrected chi connectivity index (χ1v) is 5.59. The van der Waals surface area contributed by atoms with Crippen LogP contribution in [0.2, 0.25) is 0 Å². The van der Waals surface area contributed by atoms with Crippen molar-refractivity contribution in [2.24, 2.45) is 0 Å². The van der Waals surface area contributed by atoms with E-state index in [1.54, 1.807) is 6.07 Å². The van der Waals surface area contributed by atoms with Gasteiger partial charge in [0.25, 0.3) is 0 Å². The number of rotatable bonds is 2. The van der Waals surface area contributed by atoms with Crippen LogP contribution in [0.5, 0.6) is 5.75 Å². The van der Waals surface area contributed by atoms with E-state index in [1.807, 2.05) is 13.8 Å². The molecule has 0 amide bonds. The number of nitrogens with one attached hydrogen (secondary N) is 1. The molecule has 2 aromatic rings. The Labute approximate surface area is 104 Å². The molecule has 1 aromatic carbocycles. The van der Waals surface area contributed by atoms with E-state index in [2.05, 4.69) is 9.97 Å². The second-order valence-electron chi connectivity index (χ2n) is 4.28. The highest BCUT2D eigenvalue weighted by Crippen LogP contribution is 2.29. The summed E-state index contributed by atoms with van der Waals surface area (Å²) in [4.78, 5) is 29.6. The molecule has 5 heteroatoms. The third kappa shape index (κ3) is 1.99. The maximum absolute atomic E-state index is 11.3. The average molecular weight is 246 g/mol. The summed E-state index contributed by atoms with van der Waals surface area (Å²) in [6, 6.07) is 1.75. The minimum absolute atomic E-state index is 0.126. The lowest BCUT2D eigenvalue weighted by atomic mass is 10.1. The molecule has 0 fully saturated rings. The van der Waals surface area contributed by atoms with Crippen LogP contribution in [0.15, 0.2) is 6.07 Å². The van der Waals surface area contributed by atoms with Gasteiger partial charge in [0.2, 0.25) is 0 Å². The standard InChI is InChI=1S/C13H14N2O3/c1-6-5-10(18-9(4)17)7(2)12-11(6)14-13(15-12)8(3)16/h5H,1-4H3,(H,14,15). The average Bonchev–Trinajstić information content (AvgIpc) is 2.70. The zero-order valence-corrected chi connectivity index (χ0v) is 10.7. The number of aromatic amines is 1. The summed E-state index contributed by atoms with van der Waals surface area (Å²) in [5.41, 5.74) is 3.09. The van der Waals surface area contributed by atoms with Crippen molar-refractivity contribution in [3.63, 3.8) is 0 Å². The lowest BCUT2D eigenvalue weighted by molar-refractivity contribution is -0.131. The van der Waals surface area contributed by atoms with Crippen LogP contribution in [0.4, 0.5) is 0 Å². The first-order chi connectivity index (χ1) is 8.40. The van der Waals surface area contributed by atoms with E-state index in [9.17, 15) is 9.59 Å². The second-order valence-corrected chi connectivity index (χ2v) is 4.28. The smallest absolute Gasteiger partial charge is 0.308 e. The van der Waals surface area contributed by atoms with Crippen molar-refractivity contribution >= 4 is 22.8 Å². The number of imidazole rings is 1. The molecule has 0 atom stereocenters. The summed E-state index contributed by atoms with van der Waals surface area (Å²) < 4.78 is 5.13. The van der Waals surface area contributed by atoms with Crippen molar-refractivity contribution in [2.45, 2.75) is 27.7 Å². The fourth-order valence-corrected chi connectivity index (χ4v) is 1.85. The van der Waals surface area contributed by atoms with Crippen molar-refractivity contribution in [3.8, 4) is 5.75 Å². The summed E-state index contributed by atoms with van der Waals surface area (Å²) in [5.74, 6) is 0.310. The number of H-pyrrole nitrogens is 1. The molecule has 0 bridgehead atoms. The van der Waals surface area contributed by atoms with Crippen molar-refractivity contribution in [1.29, 1.82) is 0 Å². The van der Waals surface area contributed by atoms with Crippen molar-refractivity contribution in [1.82, 2.24) is 9.97 Å². The van der Waals surface area contributed by atoms with Gasteiger partial charge in [-0.05, 0) is 25.5 Å². The maximum Gasteiger partial charge on any atom is 0.308 e. The largest absolute Gasteiger partial charge is 0.426 e. The van der Waals surface area contributed by atoms with E-state index in [0.29, 0.717) is 11.6 Å². The molecule has 2 rings (SSSR count). The Morgan fingerprint density at radius 3 is 2.50 bits per heavy atom. The van der Waals surface area contributed by atoms with Gasteiger partial charge in [-0.25, -0.2) is 4.98 Å². The number of ketones is 1. The maximum atomic E-state index is 11.3.